The Hall–Kier alpha value is -0.610. The summed E-state index contributed by atoms with van der Waals surface area (Å²) in [6.07, 6.45) is 3.33. The van der Waals surface area contributed by atoms with Gasteiger partial charge in [-0.25, -0.2) is 0 Å². The molecule has 124 valence electrons. The lowest BCUT2D eigenvalue weighted by atomic mass is 9.78. The van der Waals surface area contributed by atoms with Crippen LogP contribution in [0.5, 0.6) is 0 Å². The van der Waals surface area contributed by atoms with Gasteiger partial charge in [-0.05, 0) is 29.9 Å². The molecule has 22 heavy (non-hydrogen) atoms. The van der Waals surface area contributed by atoms with E-state index in [2.05, 4.69) is 19.2 Å². The quantitative estimate of drug-likeness (QED) is 0.804. The molecule has 0 aromatic heterocycles. The molecule has 2 rings (SSSR count). The monoisotopic (exact) mass is 325 g/mol. The van der Waals surface area contributed by atoms with Crippen LogP contribution >= 0.6 is 11.6 Å². The Labute approximate surface area is 139 Å². The Morgan fingerprint density at radius 3 is 2.86 bits per heavy atom. The van der Waals surface area contributed by atoms with Crippen LogP contribution in [0, 0.1) is 11.8 Å². The summed E-state index contributed by atoms with van der Waals surface area (Å²) in [5.41, 5.74) is 0.957. The van der Waals surface area contributed by atoms with E-state index in [1.165, 1.54) is 19.3 Å². The molecule has 4 heteroatoms. The third-order valence-electron chi connectivity index (χ3n) is 4.85. The zero-order valence-electron chi connectivity index (χ0n) is 13.6. The van der Waals surface area contributed by atoms with Gasteiger partial charge in [0.25, 0.3) is 0 Å². The van der Waals surface area contributed by atoms with Crippen molar-refractivity contribution in [3.05, 3.63) is 34.9 Å². The fraction of sp³-hybridized carbons (Fsp3) is 0.667. The highest BCUT2D eigenvalue weighted by atomic mass is 35.5. The van der Waals surface area contributed by atoms with Crippen LogP contribution in [-0.2, 0) is 11.3 Å². The second-order valence-electron chi connectivity index (χ2n) is 6.54. The number of aliphatic hydroxyl groups excluding tert-OH is 1. The normalized spacial score (nSPS) is 26.8. The number of hydrogen-bond acceptors (Lipinski definition) is 3. The molecule has 0 aliphatic heterocycles. The minimum Gasteiger partial charge on any atom is -0.389 e. The highest BCUT2D eigenvalue weighted by Crippen LogP contribution is 2.29. The maximum Gasteiger partial charge on any atom is 0.0897 e. The van der Waals surface area contributed by atoms with E-state index < -0.39 is 6.10 Å². The summed E-state index contributed by atoms with van der Waals surface area (Å²) < 4.78 is 5.58. The van der Waals surface area contributed by atoms with Crippen LogP contribution in [0.1, 0.15) is 38.7 Å². The third kappa shape index (κ3) is 5.24. The lowest BCUT2D eigenvalue weighted by molar-refractivity contribution is 0.0251. The number of benzene rings is 1. The molecule has 0 spiro atoms. The van der Waals surface area contributed by atoms with Gasteiger partial charge >= 0.3 is 0 Å². The molecule has 0 radical (unpaired) electrons. The molecule has 0 amide bonds. The molecule has 1 fully saturated rings. The van der Waals surface area contributed by atoms with E-state index in [0.29, 0.717) is 36.7 Å². The van der Waals surface area contributed by atoms with Crippen molar-refractivity contribution < 1.29 is 9.84 Å². The van der Waals surface area contributed by atoms with Crippen molar-refractivity contribution in [3.63, 3.8) is 0 Å². The van der Waals surface area contributed by atoms with Crippen molar-refractivity contribution in [2.45, 2.75) is 51.9 Å². The second-order valence-corrected chi connectivity index (χ2v) is 6.95. The maximum absolute atomic E-state index is 10.1. The van der Waals surface area contributed by atoms with E-state index in [-0.39, 0.29) is 0 Å². The van der Waals surface area contributed by atoms with Crippen molar-refractivity contribution in [1.82, 2.24) is 5.32 Å². The van der Waals surface area contributed by atoms with Crippen LogP contribution < -0.4 is 5.32 Å². The highest BCUT2D eigenvalue weighted by molar-refractivity contribution is 6.31. The molecular formula is C18H28ClNO2. The number of halogens is 1. The van der Waals surface area contributed by atoms with Crippen LogP contribution in [-0.4, -0.2) is 30.4 Å². The van der Waals surface area contributed by atoms with Crippen LogP contribution in [0.25, 0.3) is 0 Å². The highest BCUT2D eigenvalue weighted by Gasteiger charge is 2.26. The summed E-state index contributed by atoms with van der Waals surface area (Å²) in [4.78, 5) is 0. The van der Waals surface area contributed by atoms with Crippen LogP contribution in [0.3, 0.4) is 0 Å². The van der Waals surface area contributed by atoms with Gasteiger partial charge in [0.15, 0.2) is 0 Å². The van der Waals surface area contributed by atoms with Gasteiger partial charge in [-0.15, -0.1) is 0 Å². The minimum atomic E-state index is -0.480. The van der Waals surface area contributed by atoms with E-state index in [9.17, 15) is 5.11 Å². The van der Waals surface area contributed by atoms with Crippen molar-refractivity contribution in [2.75, 3.05) is 13.2 Å². The molecular weight excluding hydrogens is 298 g/mol. The molecule has 1 aromatic carbocycles. The van der Waals surface area contributed by atoms with Gasteiger partial charge in [0.1, 0.15) is 0 Å². The Bertz CT molecular complexity index is 454. The molecule has 1 aliphatic carbocycles. The maximum atomic E-state index is 10.1. The lowest BCUT2D eigenvalue weighted by Gasteiger charge is -2.35. The van der Waals surface area contributed by atoms with Gasteiger partial charge in [0, 0.05) is 17.6 Å². The topological polar surface area (TPSA) is 41.5 Å². The van der Waals surface area contributed by atoms with Crippen LogP contribution in [0.4, 0.5) is 0 Å². The summed E-state index contributed by atoms with van der Waals surface area (Å²) in [6.45, 7) is 5.98. The van der Waals surface area contributed by atoms with E-state index in [1.807, 2.05) is 24.3 Å². The van der Waals surface area contributed by atoms with E-state index >= 15 is 0 Å². The fourth-order valence-electron chi connectivity index (χ4n) is 3.14. The first-order chi connectivity index (χ1) is 10.6. The first-order valence-corrected chi connectivity index (χ1v) is 8.68. The van der Waals surface area contributed by atoms with Crippen LogP contribution in [0.2, 0.25) is 5.02 Å². The fourth-order valence-corrected chi connectivity index (χ4v) is 3.33. The molecule has 0 bridgehead atoms. The number of aliphatic hydroxyl groups is 1. The summed E-state index contributed by atoms with van der Waals surface area (Å²) in [6, 6.07) is 8.15. The molecule has 4 atom stereocenters. The first-order valence-electron chi connectivity index (χ1n) is 8.30. The molecule has 1 aliphatic rings. The van der Waals surface area contributed by atoms with Gasteiger partial charge in [-0.3, -0.25) is 0 Å². The van der Waals surface area contributed by atoms with Crippen molar-refractivity contribution in [2.24, 2.45) is 11.8 Å². The molecule has 1 aromatic rings. The molecule has 0 heterocycles. The van der Waals surface area contributed by atoms with E-state index in [0.717, 1.165) is 11.5 Å². The molecule has 1 saturated carbocycles. The average Bonchev–Trinajstić information content (AvgIpc) is 2.51. The standard InChI is InChI=1S/C18H28ClNO2/c1-13-6-5-9-18(14(13)2)20-10-16(21)12-22-11-15-7-3-4-8-17(15)19/h3-4,7-8,13-14,16,18,20-21H,5-6,9-12H2,1-2H3/t13-,14-,16+,18+/m1/s1. The first kappa shape index (κ1) is 17.7. The zero-order chi connectivity index (χ0) is 15.9. The van der Waals surface area contributed by atoms with Gasteiger partial charge in [0.2, 0.25) is 0 Å². The second kappa shape index (κ2) is 8.88. The molecule has 3 nitrogen and oxygen atoms in total. The van der Waals surface area contributed by atoms with Gasteiger partial charge in [0.05, 0.1) is 19.3 Å². The summed E-state index contributed by atoms with van der Waals surface area (Å²) in [5.74, 6) is 1.44. The summed E-state index contributed by atoms with van der Waals surface area (Å²) >= 11 is 6.08. The Kier molecular flexibility index (Phi) is 7.16. The largest absolute Gasteiger partial charge is 0.389 e. The van der Waals surface area contributed by atoms with Crippen LogP contribution in [0.15, 0.2) is 24.3 Å². The smallest absolute Gasteiger partial charge is 0.0897 e. The van der Waals surface area contributed by atoms with Gasteiger partial charge in [-0.1, -0.05) is 56.5 Å². The van der Waals surface area contributed by atoms with Crippen molar-refractivity contribution in [1.29, 1.82) is 0 Å². The lowest BCUT2D eigenvalue weighted by Crippen LogP contribution is -2.44. The predicted octanol–water partition coefficient (Wildman–Crippen LogP) is 3.63. The summed E-state index contributed by atoms with van der Waals surface area (Å²) in [5, 5.41) is 14.3. The summed E-state index contributed by atoms with van der Waals surface area (Å²) in [7, 11) is 0. The van der Waals surface area contributed by atoms with Crippen molar-refractivity contribution in [3.8, 4) is 0 Å². The average molecular weight is 326 g/mol. The Morgan fingerprint density at radius 1 is 1.32 bits per heavy atom. The Morgan fingerprint density at radius 2 is 2.09 bits per heavy atom. The molecule has 0 saturated heterocycles. The molecule has 2 N–H and O–H groups in total. The van der Waals surface area contributed by atoms with E-state index in [4.69, 9.17) is 16.3 Å². The van der Waals surface area contributed by atoms with Gasteiger partial charge in [-0.2, -0.15) is 0 Å². The number of rotatable bonds is 7. The number of ether oxygens (including phenoxy) is 1. The predicted molar refractivity (Wildman–Crippen MR) is 91.1 cm³/mol. The Balaban J connectivity index is 1.66. The van der Waals surface area contributed by atoms with Crippen molar-refractivity contribution >= 4 is 11.6 Å². The van der Waals surface area contributed by atoms with Gasteiger partial charge < -0.3 is 15.2 Å². The minimum absolute atomic E-state index is 0.328. The number of hydrogen-bond donors (Lipinski definition) is 2. The third-order valence-corrected chi connectivity index (χ3v) is 5.22. The SMILES string of the molecule is C[C@@H]1[C@H](C)CCC[C@@H]1NC[C@H](O)COCc1ccccc1Cl. The zero-order valence-corrected chi connectivity index (χ0v) is 14.4. The number of nitrogens with one attached hydrogen (secondary N) is 1. The molecule has 0 unspecified atom stereocenters. The van der Waals surface area contributed by atoms with E-state index in [1.54, 1.807) is 0 Å².